The third-order valence-electron chi connectivity index (χ3n) is 0. The van der Waals surface area contributed by atoms with Crippen LogP contribution in [-0.2, 0) is 0 Å². The molecular formula is Bi2Na2. The van der Waals surface area contributed by atoms with Crippen molar-refractivity contribution in [1.82, 2.24) is 0 Å². The van der Waals surface area contributed by atoms with E-state index < -0.39 is 0 Å². The van der Waals surface area contributed by atoms with Gasteiger partial charge in [0.05, 0.1) is 0 Å². The van der Waals surface area contributed by atoms with Gasteiger partial charge in [-0.3, -0.25) is 0 Å². The van der Waals surface area contributed by atoms with Crippen LogP contribution in [0.4, 0.5) is 0 Å². The molecule has 0 amide bonds. The molecule has 0 rings (SSSR count). The van der Waals surface area contributed by atoms with Crippen LogP contribution in [-0.4, -0.2) is 112 Å². The summed E-state index contributed by atoms with van der Waals surface area (Å²) in [6, 6.07) is 0. The van der Waals surface area contributed by atoms with E-state index in [1.165, 1.54) is 0 Å². The molecule has 0 aliphatic heterocycles. The summed E-state index contributed by atoms with van der Waals surface area (Å²) >= 11 is 0. The van der Waals surface area contributed by atoms with Crippen LogP contribution < -0.4 is 0 Å². The molecule has 0 aromatic carbocycles. The normalized spacial score (nSPS) is 0. The molecule has 0 aromatic rings. The van der Waals surface area contributed by atoms with Gasteiger partial charge < -0.3 is 0 Å². The molecule has 0 spiro atoms. The zero-order valence-electron chi connectivity index (χ0n) is 2.89. The Morgan fingerprint density at radius 1 is 0.500 bits per heavy atom. The van der Waals surface area contributed by atoms with Crippen LogP contribution in [0.1, 0.15) is 0 Å². The third-order valence-corrected chi connectivity index (χ3v) is 0. The van der Waals surface area contributed by atoms with Crippen molar-refractivity contribution in [3.05, 3.63) is 0 Å². The Morgan fingerprint density at radius 3 is 0.500 bits per heavy atom. The summed E-state index contributed by atoms with van der Waals surface area (Å²) in [5.74, 6) is 0. The van der Waals surface area contributed by atoms with Crippen molar-refractivity contribution in [3.8, 4) is 0 Å². The molecule has 0 bridgehead atoms. The fourth-order valence-electron chi connectivity index (χ4n) is 0. The van der Waals surface area contributed by atoms with Crippen molar-refractivity contribution in [2.24, 2.45) is 0 Å². The Labute approximate surface area is 109 Å². The molecule has 0 unspecified atom stereocenters. The minimum Gasteiger partial charge on any atom is 0 e. The molecule has 0 heterocycles. The maximum Gasteiger partial charge on any atom is 0 e. The zero-order chi connectivity index (χ0) is 0. The number of rotatable bonds is 0. The summed E-state index contributed by atoms with van der Waals surface area (Å²) in [5, 5.41) is 0. The van der Waals surface area contributed by atoms with Crippen molar-refractivity contribution in [1.29, 1.82) is 0 Å². The molecule has 4 heteroatoms. The fourth-order valence-corrected chi connectivity index (χ4v) is 0. The molecule has 0 nitrogen and oxygen atoms in total. The summed E-state index contributed by atoms with van der Waals surface area (Å²) in [7, 11) is 0. The van der Waals surface area contributed by atoms with Gasteiger partial charge in [-0.2, -0.15) is 0 Å². The van der Waals surface area contributed by atoms with Gasteiger partial charge in [0.15, 0.2) is 0 Å². The monoisotopic (exact) mass is 464 g/mol. The van der Waals surface area contributed by atoms with Gasteiger partial charge in [0.25, 0.3) is 0 Å². The van der Waals surface area contributed by atoms with E-state index in [9.17, 15) is 0 Å². The van der Waals surface area contributed by atoms with E-state index in [0.29, 0.717) is 0 Å². The van der Waals surface area contributed by atoms with Gasteiger partial charge in [0.2, 0.25) is 0 Å². The molecule has 0 saturated heterocycles. The van der Waals surface area contributed by atoms with Gasteiger partial charge in [-0.05, 0) is 0 Å². The molecule has 0 N–H and O–H groups in total. The van der Waals surface area contributed by atoms with Gasteiger partial charge in [-0.1, -0.05) is 0 Å². The third kappa shape index (κ3) is 9.23. The van der Waals surface area contributed by atoms with E-state index in [2.05, 4.69) is 0 Å². The van der Waals surface area contributed by atoms with Gasteiger partial charge in [0, 0.05) is 112 Å². The van der Waals surface area contributed by atoms with Gasteiger partial charge >= 0.3 is 0 Å². The van der Waals surface area contributed by atoms with E-state index in [-0.39, 0.29) is 112 Å². The maximum absolute atomic E-state index is 0. The van der Waals surface area contributed by atoms with Crippen LogP contribution in [0.5, 0.6) is 0 Å². The first-order chi connectivity index (χ1) is 0. The van der Waals surface area contributed by atoms with E-state index in [4.69, 9.17) is 0 Å². The van der Waals surface area contributed by atoms with Crippen molar-refractivity contribution in [2.75, 3.05) is 0 Å². The topological polar surface area (TPSA) is 0 Å². The second-order valence-corrected chi connectivity index (χ2v) is 0. The molecule has 0 aliphatic carbocycles. The van der Waals surface area contributed by atoms with Crippen LogP contribution >= 0.6 is 0 Å². The Bertz CT molecular complexity index is 4.00. The summed E-state index contributed by atoms with van der Waals surface area (Å²) in [6.07, 6.45) is 0. The van der Waals surface area contributed by atoms with Gasteiger partial charge in [-0.25, -0.2) is 0 Å². The fraction of sp³-hybridized carbons (Fsp3) is 0. The summed E-state index contributed by atoms with van der Waals surface area (Å²) in [5.41, 5.74) is 0. The summed E-state index contributed by atoms with van der Waals surface area (Å²) in [4.78, 5) is 0. The molecule has 0 fully saturated rings. The molecular weight excluding hydrogens is 464 g/mol. The summed E-state index contributed by atoms with van der Waals surface area (Å²) < 4.78 is 0. The van der Waals surface area contributed by atoms with E-state index >= 15 is 0 Å². The minimum absolute atomic E-state index is 0. The van der Waals surface area contributed by atoms with Crippen molar-refractivity contribution < 1.29 is 0 Å². The first kappa shape index (κ1) is 25.1. The SMILES string of the molecule is [Bi].[Bi].[Na].[Na]. The van der Waals surface area contributed by atoms with Crippen molar-refractivity contribution in [3.63, 3.8) is 0 Å². The van der Waals surface area contributed by atoms with Crippen LogP contribution in [0.3, 0.4) is 0 Å². The smallest absolute Gasteiger partial charge is 0 e. The second kappa shape index (κ2) is 15.9. The Kier molecular flexibility index (Phi) is 99.4. The van der Waals surface area contributed by atoms with E-state index in [0.717, 1.165) is 0 Å². The molecule has 4 heavy (non-hydrogen) atoms. The summed E-state index contributed by atoms with van der Waals surface area (Å²) in [6.45, 7) is 0. The molecule has 8 radical (unpaired) electrons. The minimum atomic E-state index is 0. The van der Waals surface area contributed by atoms with Gasteiger partial charge in [0.1, 0.15) is 0 Å². The average Bonchev–Trinajstić information content (AvgIpc) is 0. The predicted molar refractivity (Wildman–Crippen MR) is 23.0 cm³/mol. The Hall–Kier alpha value is 3.77. The van der Waals surface area contributed by atoms with Crippen molar-refractivity contribution in [2.45, 2.75) is 0 Å². The average molecular weight is 464 g/mol. The molecule has 0 aromatic heterocycles. The van der Waals surface area contributed by atoms with Crippen molar-refractivity contribution >= 4 is 112 Å². The molecule has 0 aliphatic rings. The molecule has 0 atom stereocenters. The quantitative estimate of drug-likeness (QED) is 0.383. The van der Waals surface area contributed by atoms with Crippen LogP contribution in [0, 0.1) is 0 Å². The zero-order valence-corrected chi connectivity index (χ0v) is 13.8. The standard InChI is InChI=1S/2Bi.2Na. The van der Waals surface area contributed by atoms with Crippen LogP contribution in [0.15, 0.2) is 0 Å². The largest absolute Gasteiger partial charge is 0 e. The maximum atomic E-state index is 0. The predicted octanol–water partition coefficient (Wildman–Crippen LogP) is -1.52. The number of hydrogen-bond acceptors (Lipinski definition) is 0. The molecule has 12 valence electrons. The van der Waals surface area contributed by atoms with Crippen LogP contribution in [0.2, 0.25) is 0 Å². The van der Waals surface area contributed by atoms with E-state index in [1.54, 1.807) is 0 Å². The second-order valence-electron chi connectivity index (χ2n) is 0. The Morgan fingerprint density at radius 2 is 0.500 bits per heavy atom. The van der Waals surface area contributed by atoms with Gasteiger partial charge in [-0.15, -0.1) is 0 Å². The first-order valence-electron chi connectivity index (χ1n) is 0. The number of hydrogen-bond donors (Lipinski definition) is 0. The van der Waals surface area contributed by atoms with E-state index in [1.807, 2.05) is 0 Å². The Balaban J connectivity index is 0. The van der Waals surface area contributed by atoms with Crippen LogP contribution in [0.25, 0.3) is 0 Å². The molecule has 0 saturated carbocycles. The first-order valence-corrected chi connectivity index (χ1v) is 0.